The first-order valence-corrected chi connectivity index (χ1v) is 8.68. The normalized spacial score (nSPS) is 19.9. The lowest BCUT2D eigenvalue weighted by atomic mass is 9.96. The maximum Gasteiger partial charge on any atom is 0.245 e. The standard InChI is InChI=1S/C21H24N2O2/c1-16-8-6-7-11-18(16)15-23-19(24)12-13-21(23,2)20(25)22-14-17-9-4-3-5-10-17/h3-11H,12-15H2,1-2H3,(H,22,25)/t21-/m1/s1. The second-order valence-electron chi connectivity index (χ2n) is 6.85. The van der Waals surface area contributed by atoms with Gasteiger partial charge in [-0.3, -0.25) is 9.59 Å². The van der Waals surface area contributed by atoms with Crippen LogP contribution in [0.5, 0.6) is 0 Å². The van der Waals surface area contributed by atoms with E-state index in [2.05, 4.69) is 5.32 Å². The van der Waals surface area contributed by atoms with Crippen LogP contribution in [-0.2, 0) is 22.7 Å². The second-order valence-corrected chi connectivity index (χ2v) is 6.85. The van der Waals surface area contributed by atoms with E-state index in [9.17, 15) is 9.59 Å². The van der Waals surface area contributed by atoms with E-state index in [-0.39, 0.29) is 11.8 Å². The Kier molecular flexibility index (Phi) is 4.88. The minimum Gasteiger partial charge on any atom is -0.350 e. The fourth-order valence-corrected chi connectivity index (χ4v) is 3.32. The molecule has 1 atom stereocenters. The molecule has 1 heterocycles. The summed E-state index contributed by atoms with van der Waals surface area (Å²) >= 11 is 0. The van der Waals surface area contributed by atoms with Gasteiger partial charge in [0.05, 0.1) is 0 Å². The highest BCUT2D eigenvalue weighted by molar-refractivity contribution is 5.94. The lowest BCUT2D eigenvalue weighted by Gasteiger charge is -2.34. The van der Waals surface area contributed by atoms with E-state index < -0.39 is 5.54 Å². The molecule has 2 aromatic carbocycles. The van der Waals surface area contributed by atoms with Gasteiger partial charge in [0, 0.05) is 19.5 Å². The third-order valence-corrected chi connectivity index (χ3v) is 5.10. The molecule has 0 aromatic heterocycles. The van der Waals surface area contributed by atoms with Gasteiger partial charge in [-0.1, -0.05) is 54.6 Å². The number of rotatable bonds is 5. The van der Waals surface area contributed by atoms with E-state index in [1.54, 1.807) is 4.90 Å². The number of likely N-dealkylation sites (tertiary alicyclic amines) is 1. The molecule has 0 bridgehead atoms. The van der Waals surface area contributed by atoms with Crippen molar-refractivity contribution in [2.75, 3.05) is 0 Å². The van der Waals surface area contributed by atoms with Crippen molar-refractivity contribution in [2.24, 2.45) is 0 Å². The van der Waals surface area contributed by atoms with Crippen molar-refractivity contribution in [3.8, 4) is 0 Å². The number of carbonyl (C=O) groups is 2. The van der Waals surface area contributed by atoms with Crippen LogP contribution in [-0.4, -0.2) is 22.3 Å². The molecule has 4 heteroatoms. The van der Waals surface area contributed by atoms with E-state index >= 15 is 0 Å². The summed E-state index contributed by atoms with van der Waals surface area (Å²) < 4.78 is 0. The fraction of sp³-hybridized carbons (Fsp3) is 0.333. The van der Waals surface area contributed by atoms with Crippen LogP contribution >= 0.6 is 0 Å². The maximum absolute atomic E-state index is 12.9. The monoisotopic (exact) mass is 336 g/mol. The van der Waals surface area contributed by atoms with Gasteiger partial charge in [-0.15, -0.1) is 0 Å². The van der Waals surface area contributed by atoms with E-state index in [1.807, 2.05) is 68.4 Å². The van der Waals surface area contributed by atoms with Gasteiger partial charge in [0.1, 0.15) is 5.54 Å². The lowest BCUT2D eigenvalue weighted by Crippen LogP contribution is -2.54. The molecule has 2 aromatic rings. The summed E-state index contributed by atoms with van der Waals surface area (Å²) in [5, 5.41) is 3.00. The van der Waals surface area contributed by atoms with E-state index in [0.29, 0.717) is 25.9 Å². The molecule has 0 unspecified atom stereocenters. The number of amides is 2. The van der Waals surface area contributed by atoms with Crippen LogP contribution in [0, 0.1) is 6.92 Å². The first-order chi connectivity index (χ1) is 12.0. The predicted octanol–water partition coefficient (Wildman–Crippen LogP) is 3.19. The molecular formula is C21H24N2O2. The SMILES string of the molecule is Cc1ccccc1CN1C(=O)CC[C@]1(C)C(=O)NCc1ccccc1. The molecule has 0 radical (unpaired) electrons. The smallest absolute Gasteiger partial charge is 0.245 e. The van der Waals surface area contributed by atoms with Crippen molar-refractivity contribution in [3.05, 3.63) is 71.3 Å². The summed E-state index contributed by atoms with van der Waals surface area (Å²) in [6.07, 6.45) is 0.972. The molecule has 130 valence electrons. The molecule has 1 saturated heterocycles. The van der Waals surface area contributed by atoms with Crippen LogP contribution in [0.15, 0.2) is 54.6 Å². The van der Waals surface area contributed by atoms with Crippen molar-refractivity contribution < 1.29 is 9.59 Å². The van der Waals surface area contributed by atoms with Crippen LogP contribution in [0.4, 0.5) is 0 Å². The van der Waals surface area contributed by atoms with Crippen LogP contribution in [0.25, 0.3) is 0 Å². The highest BCUT2D eigenvalue weighted by atomic mass is 16.2. The molecule has 1 aliphatic heterocycles. The lowest BCUT2D eigenvalue weighted by molar-refractivity contribution is -0.141. The van der Waals surface area contributed by atoms with Gasteiger partial charge in [0.25, 0.3) is 0 Å². The summed E-state index contributed by atoms with van der Waals surface area (Å²) in [5.41, 5.74) is 2.47. The Labute approximate surface area is 148 Å². The minimum atomic E-state index is -0.797. The number of hydrogen-bond acceptors (Lipinski definition) is 2. The summed E-state index contributed by atoms with van der Waals surface area (Å²) in [4.78, 5) is 27.0. The number of benzene rings is 2. The van der Waals surface area contributed by atoms with E-state index in [0.717, 1.165) is 16.7 Å². The Hall–Kier alpha value is -2.62. The number of nitrogens with zero attached hydrogens (tertiary/aromatic N) is 1. The molecule has 0 aliphatic carbocycles. The number of aryl methyl sites for hydroxylation is 1. The second kappa shape index (κ2) is 7.09. The molecule has 1 aliphatic rings. The van der Waals surface area contributed by atoms with Gasteiger partial charge in [0.2, 0.25) is 11.8 Å². The van der Waals surface area contributed by atoms with Crippen LogP contribution < -0.4 is 5.32 Å². The topological polar surface area (TPSA) is 49.4 Å². The summed E-state index contributed by atoms with van der Waals surface area (Å²) in [7, 11) is 0. The Morgan fingerprint density at radius 1 is 1.12 bits per heavy atom. The molecule has 4 nitrogen and oxygen atoms in total. The average Bonchev–Trinajstić information content (AvgIpc) is 2.92. The van der Waals surface area contributed by atoms with E-state index in [4.69, 9.17) is 0 Å². The van der Waals surface area contributed by atoms with Crippen LogP contribution in [0.2, 0.25) is 0 Å². The molecule has 1 fully saturated rings. The fourth-order valence-electron chi connectivity index (χ4n) is 3.32. The summed E-state index contributed by atoms with van der Waals surface area (Å²) in [5.74, 6) is -0.0450. The average molecular weight is 336 g/mol. The van der Waals surface area contributed by atoms with E-state index in [1.165, 1.54) is 0 Å². The third-order valence-electron chi connectivity index (χ3n) is 5.10. The first-order valence-electron chi connectivity index (χ1n) is 8.68. The number of nitrogens with one attached hydrogen (secondary N) is 1. The Morgan fingerprint density at radius 3 is 2.52 bits per heavy atom. The Morgan fingerprint density at radius 2 is 1.80 bits per heavy atom. The zero-order chi connectivity index (χ0) is 17.9. The predicted molar refractivity (Wildman–Crippen MR) is 97.7 cm³/mol. The van der Waals surface area contributed by atoms with Crippen molar-refractivity contribution in [2.45, 2.75) is 45.3 Å². The van der Waals surface area contributed by atoms with Crippen molar-refractivity contribution in [3.63, 3.8) is 0 Å². The van der Waals surface area contributed by atoms with Gasteiger partial charge in [0.15, 0.2) is 0 Å². The first kappa shape index (κ1) is 17.2. The van der Waals surface area contributed by atoms with Crippen molar-refractivity contribution in [1.29, 1.82) is 0 Å². The number of carbonyl (C=O) groups excluding carboxylic acids is 2. The molecule has 2 amide bonds. The largest absolute Gasteiger partial charge is 0.350 e. The highest BCUT2D eigenvalue weighted by Crippen LogP contribution is 2.32. The molecule has 0 saturated carbocycles. The zero-order valence-corrected chi connectivity index (χ0v) is 14.8. The maximum atomic E-state index is 12.9. The molecule has 1 N–H and O–H groups in total. The Bertz CT molecular complexity index is 772. The minimum absolute atomic E-state index is 0.0422. The summed E-state index contributed by atoms with van der Waals surface area (Å²) in [6.45, 7) is 4.85. The van der Waals surface area contributed by atoms with Crippen molar-refractivity contribution in [1.82, 2.24) is 10.2 Å². The molecule has 25 heavy (non-hydrogen) atoms. The van der Waals surface area contributed by atoms with Gasteiger partial charge in [-0.2, -0.15) is 0 Å². The molecule has 3 rings (SSSR count). The molecule has 0 spiro atoms. The van der Waals surface area contributed by atoms with Crippen molar-refractivity contribution >= 4 is 11.8 Å². The van der Waals surface area contributed by atoms with Gasteiger partial charge in [-0.25, -0.2) is 0 Å². The quantitative estimate of drug-likeness (QED) is 0.911. The zero-order valence-electron chi connectivity index (χ0n) is 14.8. The summed E-state index contributed by atoms with van der Waals surface area (Å²) in [6, 6.07) is 17.8. The molecular weight excluding hydrogens is 312 g/mol. The Balaban J connectivity index is 1.74. The van der Waals surface area contributed by atoms with Gasteiger partial charge in [-0.05, 0) is 37.0 Å². The van der Waals surface area contributed by atoms with Gasteiger partial charge >= 0.3 is 0 Å². The van der Waals surface area contributed by atoms with Crippen LogP contribution in [0.3, 0.4) is 0 Å². The van der Waals surface area contributed by atoms with Gasteiger partial charge < -0.3 is 10.2 Å². The highest BCUT2D eigenvalue weighted by Gasteiger charge is 2.47. The van der Waals surface area contributed by atoms with Crippen LogP contribution in [0.1, 0.15) is 36.5 Å². The third kappa shape index (κ3) is 3.58. The number of hydrogen-bond donors (Lipinski definition) is 1.